The van der Waals surface area contributed by atoms with Crippen molar-refractivity contribution in [3.05, 3.63) is 64.6 Å². The number of nitrogens with one attached hydrogen (secondary N) is 2. The summed E-state index contributed by atoms with van der Waals surface area (Å²) >= 11 is 6.34. The lowest BCUT2D eigenvalue weighted by Crippen LogP contribution is -2.53. The molecule has 1 aliphatic heterocycles. The molecule has 228 valence electrons. The molecule has 0 spiro atoms. The number of hydrogen-bond donors (Lipinski definition) is 2. The zero-order valence-corrected chi connectivity index (χ0v) is 25.5. The van der Waals surface area contributed by atoms with Gasteiger partial charge in [0.25, 0.3) is 17.7 Å². The van der Waals surface area contributed by atoms with Gasteiger partial charge in [0.15, 0.2) is 0 Å². The Hall–Kier alpha value is -4.29. The van der Waals surface area contributed by atoms with Crippen LogP contribution in [0.4, 0.5) is 10.6 Å². The first-order chi connectivity index (χ1) is 20.4. The Balaban J connectivity index is 1.69. The molecule has 1 saturated heterocycles. The van der Waals surface area contributed by atoms with E-state index in [-0.39, 0.29) is 24.4 Å². The number of halogens is 1. The summed E-state index contributed by atoms with van der Waals surface area (Å²) in [5.41, 5.74) is 4.83. The molecule has 1 fully saturated rings. The van der Waals surface area contributed by atoms with Crippen molar-refractivity contribution in [3.8, 4) is 0 Å². The van der Waals surface area contributed by atoms with E-state index in [1.165, 1.54) is 25.4 Å². The second-order valence-corrected chi connectivity index (χ2v) is 11.7. The van der Waals surface area contributed by atoms with E-state index in [1.807, 2.05) is 25.1 Å². The number of hydrazine groups is 1. The van der Waals surface area contributed by atoms with Gasteiger partial charge in [0, 0.05) is 43.0 Å². The van der Waals surface area contributed by atoms with Gasteiger partial charge in [0.1, 0.15) is 23.7 Å². The molecule has 3 heterocycles. The van der Waals surface area contributed by atoms with Crippen LogP contribution in [0.25, 0.3) is 10.8 Å². The van der Waals surface area contributed by atoms with Gasteiger partial charge in [-0.2, -0.15) is 0 Å². The van der Waals surface area contributed by atoms with E-state index in [9.17, 15) is 19.2 Å². The zero-order valence-electron chi connectivity index (χ0n) is 24.8. The Labute approximate surface area is 254 Å². The lowest BCUT2D eigenvalue weighted by Gasteiger charge is -2.39. The molecule has 1 aromatic carbocycles. The molecule has 43 heavy (non-hydrogen) atoms. The minimum absolute atomic E-state index is 0.0108. The first-order valence-electron chi connectivity index (χ1n) is 13.8. The van der Waals surface area contributed by atoms with Gasteiger partial charge < -0.3 is 14.4 Å². The summed E-state index contributed by atoms with van der Waals surface area (Å²) in [5.74, 6) is -1.18. The summed E-state index contributed by atoms with van der Waals surface area (Å²) in [7, 11) is 1.36. The molecule has 12 nitrogen and oxygen atoms in total. The largest absolute Gasteiger partial charge is 0.444 e. The maximum atomic E-state index is 14.3. The number of pyridine rings is 2. The molecular weight excluding hydrogens is 576 g/mol. The van der Waals surface area contributed by atoms with E-state index in [0.29, 0.717) is 30.2 Å². The summed E-state index contributed by atoms with van der Waals surface area (Å²) in [4.78, 5) is 63.3. The van der Waals surface area contributed by atoms with E-state index in [1.54, 1.807) is 36.8 Å². The Morgan fingerprint density at radius 2 is 1.88 bits per heavy atom. The van der Waals surface area contributed by atoms with Crippen molar-refractivity contribution in [1.29, 1.82) is 0 Å². The number of anilines is 1. The van der Waals surface area contributed by atoms with Crippen LogP contribution in [0.15, 0.2) is 42.7 Å². The van der Waals surface area contributed by atoms with Crippen LogP contribution in [0.5, 0.6) is 0 Å². The Bertz CT molecular complexity index is 1520. The molecule has 0 saturated carbocycles. The number of carbonyl (C=O) groups excluding carboxylic acids is 4. The molecule has 13 heteroatoms. The number of likely N-dealkylation sites (tertiary alicyclic amines) is 1. The van der Waals surface area contributed by atoms with E-state index < -0.39 is 35.5 Å². The molecular formula is C30H35ClN6O6. The predicted molar refractivity (Wildman–Crippen MR) is 161 cm³/mol. The molecule has 0 radical (unpaired) electrons. The SMILES string of the molecule is COCC(=O)NNC(=O)c1ccc(C(=O)N(c2nccc3cc(Cl)cc(C)c23)[C@@H]2CCCN(C(=O)OC(C)(C)C)C2)cn1. The van der Waals surface area contributed by atoms with Crippen LogP contribution in [0.3, 0.4) is 0 Å². The zero-order chi connectivity index (χ0) is 31.3. The number of fused-ring (bicyclic) bond motifs is 1. The molecule has 2 N–H and O–H groups in total. The summed E-state index contributed by atoms with van der Waals surface area (Å²) in [6.07, 6.45) is 3.73. The van der Waals surface area contributed by atoms with Crippen molar-refractivity contribution in [2.75, 3.05) is 31.7 Å². The van der Waals surface area contributed by atoms with Gasteiger partial charge in [-0.05, 0) is 81.8 Å². The highest BCUT2D eigenvalue weighted by Crippen LogP contribution is 2.34. The number of carbonyl (C=O) groups is 4. The molecule has 0 aliphatic carbocycles. The van der Waals surface area contributed by atoms with Gasteiger partial charge in [0.05, 0.1) is 11.6 Å². The van der Waals surface area contributed by atoms with Crippen LogP contribution in [-0.4, -0.2) is 77.1 Å². The lowest BCUT2D eigenvalue weighted by molar-refractivity contribution is -0.125. The van der Waals surface area contributed by atoms with Gasteiger partial charge in [-0.1, -0.05) is 11.6 Å². The highest BCUT2D eigenvalue weighted by Gasteiger charge is 2.35. The van der Waals surface area contributed by atoms with Crippen LogP contribution in [0, 0.1) is 6.92 Å². The fraction of sp³-hybridized carbons (Fsp3) is 0.400. The van der Waals surface area contributed by atoms with Crippen LogP contribution in [0.1, 0.15) is 60.0 Å². The molecule has 4 amide bonds. The molecule has 4 rings (SSSR count). The third kappa shape index (κ3) is 7.76. The van der Waals surface area contributed by atoms with Crippen LogP contribution in [-0.2, 0) is 14.3 Å². The highest BCUT2D eigenvalue weighted by atomic mass is 35.5. The number of ether oxygens (including phenoxy) is 2. The molecule has 1 atom stereocenters. The molecule has 0 unspecified atom stereocenters. The van der Waals surface area contributed by atoms with Crippen molar-refractivity contribution in [2.24, 2.45) is 0 Å². The fourth-order valence-corrected chi connectivity index (χ4v) is 5.17. The minimum atomic E-state index is -0.667. The van der Waals surface area contributed by atoms with E-state index in [4.69, 9.17) is 21.1 Å². The average molecular weight is 611 g/mol. The summed E-state index contributed by atoms with van der Waals surface area (Å²) < 4.78 is 10.3. The number of rotatable bonds is 6. The number of hydrogen-bond acceptors (Lipinski definition) is 8. The number of aryl methyl sites for hydroxylation is 1. The number of methoxy groups -OCH3 is 1. The number of nitrogens with zero attached hydrogens (tertiary/aromatic N) is 4. The number of amides is 4. The van der Waals surface area contributed by atoms with Gasteiger partial charge in [-0.15, -0.1) is 0 Å². The fourth-order valence-electron chi connectivity index (χ4n) is 4.89. The standard InChI is InChI=1S/C30H35ClN6O6/c1-18-13-21(31)14-19-10-11-32-26(25(18)19)37(22-7-6-12-36(16-22)29(41)43-30(2,3)4)28(40)20-8-9-23(33-15-20)27(39)35-34-24(38)17-42-5/h8-11,13-15,22H,6-7,12,16-17H2,1-5H3,(H,34,38)(H,35,39)/t22-/m1/s1. The molecule has 0 bridgehead atoms. The van der Waals surface area contributed by atoms with Gasteiger partial charge in [0.2, 0.25) is 0 Å². The number of piperidine rings is 1. The second-order valence-electron chi connectivity index (χ2n) is 11.2. The average Bonchev–Trinajstić information content (AvgIpc) is 2.95. The first kappa shape index (κ1) is 31.6. The topological polar surface area (TPSA) is 143 Å². The van der Waals surface area contributed by atoms with Gasteiger partial charge >= 0.3 is 6.09 Å². The molecule has 3 aromatic rings. The number of aromatic nitrogens is 2. The van der Waals surface area contributed by atoms with E-state index in [0.717, 1.165) is 16.3 Å². The minimum Gasteiger partial charge on any atom is -0.444 e. The van der Waals surface area contributed by atoms with Gasteiger partial charge in [-0.3, -0.25) is 35.1 Å². The quantitative estimate of drug-likeness (QED) is 0.398. The Morgan fingerprint density at radius 3 is 2.56 bits per heavy atom. The normalized spacial score (nSPS) is 15.1. The monoisotopic (exact) mass is 610 g/mol. The summed E-state index contributed by atoms with van der Waals surface area (Å²) in [5, 5.41) is 2.13. The summed E-state index contributed by atoms with van der Waals surface area (Å²) in [6, 6.07) is 7.89. The third-order valence-electron chi connectivity index (χ3n) is 6.70. The first-order valence-corrected chi connectivity index (χ1v) is 14.2. The third-order valence-corrected chi connectivity index (χ3v) is 6.92. The van der Waals surface area contributed by atoms with Crippen molar-refractivity contribution in [2.45, 2.75) is 52.2 Å². The van der Waals surface area contributed by atoms with Crippen molar-refractivity contribution < 1.29 is 28.7 Å². The second kappa shape index (κ2) is 13.3. The highest BCUT2D eigenvalue weighted by molar-refractivity contribution is 6.31. The molecule has 2 aromatic heterocycles. The van der Waals surface area contributed by atoms with Crippen LogP contribution < -0.4 is 15.8 Å². The Morgan fingerprint density at radius 1 is 1.12 bits per heavy atom. The summed E-state index contributed by atoms with van der Waals surface area (Å²) in [6.45, 7) is 7.83. The maximum Gasteiger partial charge on any atom is 0.410 e. The van der Waals surface area contributed by atoms with Crippen molar-refractivity contribution >= 4 is 52.0 Å². The van der Waals surface area contributed by atoms with Gasteiger partial charge in [-0.25, -0.2) is 9.78 Å². The van der Waals surface area contributed by atoms with Crippen molar-refractivity contribution in [3.63, 3.8) is 0 Å². The smallest absolute Gasteiger partial charge is 0.410 e. The van der Waals surface area contributed by atoms with Crippen molar-refractivity contribution in [1.82, 2.24) is 25.7 Å². The van der Waals surface area contributed by atoms with E-state index >= 15 is 0 Å². The maximum absolute atomic E-state index is 14.3. The lowest BCUT2D eigenvalue weighted by atomic mass is 10.0. The number of benzene rings is 1. The van der Waals surface area contributed by atoms with Crippen LogP contribution >= 0.6 is 11.6 Å². The van der Waals surface area contributed by atoms with Crippen LogP contribution in [0.2, 0.25) is 5.02 Å². The molecule has 1 aliphatic rings. The van der Waals surface area contributed by atoms with E-state index in [2.05, 4.69) is 20.8 Å². The predicted octanol–water partition coefficient (Wildman–Crippen LogP) is 4.05. The Kier molecular flexibility index (Phi) is 9.82.